The van der Waals surface area contributed by atoms with Gasteiger partial charge < -0.3 is 19.3 Å². The Morgan fingerprint density at radius 1 is 1.33 bits per heavy atom. The Balaban J connectivity index is 1.61. The molecule has 1 saturated carbocycles. The zero-order valence-corrected chi connectivity index (χ0v) is 12.7. The van der Waals surface area contributed by atoms with Crippen molar-refractivity contribution in [2.45, 2.75) is 50.7 Å². The third-order valence-corrected chi connectivity index (χ3v) is 4.49. The molecule has 1 N–H and O–H groups in total. The fourth-order valence-corrected chi connectivity index (χ4v) is 3.37. The fraction of sp³-hybridized carbons (Fsp3) is 0.867. The molecule has 1 aromatic rings. The average molecular weight is 295 g/mol. The van der Waals surface area contributed by atoms with Crippen molar-refractivity contribution < 1.29 is 14.0 Å². The monoisotopic (exact) mass is 295 g/mol. The molecule has 1 aliphatic carbocycles. The van der Waals surface area contributed by atoms with E-state index in [4.69, 9.17) is 14.0 Å². The fourth-order valence-electron chi connectivity index (χ4n) is 3.37. The maximum absolute atomic E-state index is 5.65. The lowest BCUT2D eigenvalue weighted by Gasteiger charge is -2.26. The zero-order chi connectivity index (χ0) is 14.5. The lowest BCUT2D eigenvalue weighted by atomic mass is 9.85. The smallest absolute Gasteiger partial charge is 0.228 e. The van der Waals surface area contributed by atoms with Crippen LogP contribution in [0, 0.1) is 5.92 Å². The second-order valence-electron chi connectivity index (χ2n) is 6.03. The molecular formula is C15H25N3O3. The second kappa shape index (κ2) is 7.33. The molecule has 2 atom stereocenters. The van der Waals surface area contributed by atoms with E-state index in [-0.39, 0.29) is 12.1 Å². The van der Waals surface area contributed by atoms with Crippen LogP contribution < -0.4 is 5.32 Å². The Morgan fingerprint density at radius 3 is 2.90 bits per heavy atom. The van der Waals surface area contributed by atoms with Crippen LogP contribution >= 0.6 is 0 Å². The van der Waals surface area contributed by atoms with E-state index >= 15 is 0 Å². The van der Waals surface area contributed by atoms with Gasteiger partial charge in [-0.3, -0.25) is 0 Å². The number of aromatic nitrogens is 2. The Labute approximate surface area is 125 Å². The van der Waals surface area contributed by atoms with Gasteiger partial charge >= 0.3 is 0 Å². The quantitative estimate of drug-likeness (QED) is 0.894. The molecule has 0 spiro atoms. The minimum atomic E-state index is -0.0293. The number of nitrogens with one attached hydrogen (secondary N) is 1. The molecule has 1 saturated heterocycles. The van der Waals surface area contributed by atoms with Crippen molar-refractivity contribution >= 4 is 0 Å². The molecule has 1 aromatic heterocycles. The van der Waals surface area contributed by atoms with Crippen molar-refractivity contribution in [1.29, 1.82) is 0 Å². The van der Waals surface area contributed by atoms with Crippen LogP contribution in [0.2, 0.25) is 0 Å². The Bertz CT molecular complexity index is 426. The molecule has 2 heterocycles. The van der Waals surface area contributed by atoms with E-state index in [9.17, 15) is 0 Å². The van der Waals surface area contributed by atoms with Gasteiger partial charge in [-0.15, -0.1) is 0 Å². The Kier molecular flexibility index (Phi) is 5.22. The summed E-state index contributed by atoms with van der Waals surface area (Å²) < 4.78 is 16.5. The molecule has 2 aliphatic rings. The summed E-state index contributed by atoms with van der Waals surface area (Å²) in [4.78, 5) is 4.55. The highest BCUT2D eigenvalue weighted by Gasteiger charge is 2.29. The Hall–Kier alpha value is -0.980. The second-order valence-corrected chi connectivity index (χ2v) is 6.03. The van der Waals surface area contributed by atoms with E-state index in [0.29, 0.717) is 30.7 Å². The van der Waals surface area contributed by atoms with Gasteiger partial charge in [-0.05, 0) is 18.8 Å². The molecule has 118 valence electrons. The van der Waals surface area contributed by atoms with Crippen LogP contribution in [-0.4, -0.2) is 43.1 Å². The van der Waals surface area contributed by atoms with Gasteiger partial charge in [0.2, 0.25) is 11.7 Å². The molecule has 0 aromatic carbocycles. The summed E-state index contributed by atoms with van der Waals surface area (Å²) in [6.45, 7) is 2.36. The van der Waals surface area contributed by atoms with Crippen molar-refractivity contribution in [1.82, 2.24) is 15.5 Å². The third-order valence-electron chi connectivity index (χ3n) is 4.49. The van der Waals surface area contributed by atoms with Crippen LogP contribution in [0.15, 0.2) is 4.52 Å². The van der Waals surface area contributed by atoms with Crippen molar-refractivity contribution in [2.75, 3.05) is 26.9 Å². The molecule has 3 rings (SSSR count). The van der Waals surface area contributed by atoms with Crippen LogP contribution in [0.4, 0.5) is 0 Å². The molecular weight excluding hydrogens is 270 g/mol. The van der Waals surface area contributed by atoms with Gasteiger partial charge in [0.15, 0.2) is 0 Å². The molecule has 2 unspecified atom stereocenters. The lowest BCUT2D eigenvalue weighted by Crippen LogP contribution is -2.42. The topological polar surface area (TPSA) is 69.4 Å². The van der Waals surface area contributed by atoms with E-state index in [1.807, 2.05) is 0 Å². The summed E-state index contributed by atoms with van der Waals surface area (Å²) in [5, 5.41) is 7.55. The SMILES string of the molecule is COC(c1noc(CC2COCCN2)n1)C1CCCCC1. The highest BCUT2D eigenvalue weighted by atomic mass is 16.5. The molecule has 6 nitrogen and oxygen atoms in total. The first-order valence-corrected chi connectivity index (χ1v) is 8.03. The van der Waals surface area contributed by atoms with Gasteiger partial charge in [0, 0.05) is 26.1 Å². The molecule has 2 fully saturated rings. The predicted octanol–water partition coefficient (Wildman–Crippen LogP) is 1.87. The van der Waals surface area contributed by atoms with Gasteiger partial charge in [-0.25, -0.2) is 0 Å². The van der Waals surface area contributed by atoms with E-state index in [2.05, 4.69) is 15.5 Å². The summed E-state index contributed by atoms with van der Waals surface area (Å²) in [6, 6.07) is 0.266. The number of morpholine rings is 1. The van der Waals surface area contributed by atoms with Crippen LogP contribution in [0.1, 0.15) is 49.9 Å². The third kappa shape index (κ3) is 3.81. The van der Waals surface area contributed by atoms with E-state index in [1.165, 1.54) is 32.1 Å². The van der Waals surface area contributed by atoms with Gasteiger partial charge in [-0.2, -0.15) is 4.98 Å². The van der Waals surface area contributed by atoms with Crippen molar-refractivity contribution in [3.8, 4) is 0 Å². The maximum Gasteiger partial charge on any atom is 0.228 e. The van der Waals surface area contributed by atoms with Crippen molar-refractivity contribution in [2.24, 2.45) is 5.92 Å². The normalized spacial score (nSPS) is 25.9. The van der Waals surface area contributed by atoms with Crippen LogP contribution in [0.25, 0.3) is 0 Å². The predicted molar refractivity (Wildman–Crippen MR) is 76.9 cm³/mol. The molecule has 1 aliphatic heterocycles. The molecule has 21 heavy (non-hydrogen) atoms. The average Bonchev–Trinajstić information content (AvgIpc) is 2.98. The first kappa shape index (κ1) is 14.9. The van der Waals surface area contributed by atoms with Gasteiger partial charge in [-0.1, -0.05) is 24.4 Å². The maximum atomic E-state index is 5.65. The van der Waals surface area contributed by atoms with Crippen molar-refractivity contribution in [3.05, 3.63) is 11.7 Å². The first-order chi connectivity index (χ1) is 10.4. The number of hydrogen-bond donors (Lipinski definition) is 1. The Morgan fingerprint density at radius 2 is 2.19 bits per heavy atom. The lowest BCUT2D eigenvalue weighted by molar-refractivity contribution is 0.0273. The van der Waals surface area contributed by atoms with E-state index in [1.54, 1.807) is 7.11 Å². The first-order valence-electron chi connectivity index (χ1n) is 8.03. The van der Waals surface area contributed by atoms with E-state index in [0.717, 1.165) is 13.2 Å². The molecule has 6 heteroatoms. The van der Waals surface area contributed by atoms with Crippen molar-refractivity contribution in [3.63, 3.8) is 0 Å². The summed E-state index contributed by atoms with van der Waals surface area (Å²) in [5.74, 6) is 1.90. The number of rotatable bonds is 5. The standard InChI is InChI=1S/C15H25N3O3/c1-19-14(11-5-3-2-4-6-11)15-17-13(21-18-15)9-12-10-20-8-7-16-12/h11-12,14,16H,2-10H2,1H3. The summed E-state index contributed by atoms with van der Waals surface area (Å²) >= 11 is 0. The largest absolute Gasteiger partial charge is 0.378 e. The minimum Gasteiger partial charge on any atom is -0.378 e. The molecule has 0 amide bonds. The number of nitrogens with zero attached hydrogens (tertiary/aromatic N) is 2. The summed E-state index contributed by atoms with van der Waals surface area (Å²) in [5.41, 5.74) is 0. The molecule has 0 radical (unpaired) electrons. The highest BCUT2D eigenvalue weighted by molar-refractivity contribution is 4.96. The summed E-state index contributed by atoms with van der Waals surface area (Å²) in [7, 11) is 1.74. The van der Waals surface area contributed by atoms with Crippen LogP contribution in [0.5, 0.6) is 0 Å². The summed E-state index contributed by atoms with van der Waals surface area (Å²) in [6.07, 6.45) is 6.96. The van der Waals surface area contributed by atoms with Gasteiger partial charge in [0.25, 0.3) is 0 Å². The minimum absolute atomic E-state index is 0.0293. The van der Waals surface area contributed by atoms with E-state index < -0.39 is 0 Å². The molecule has 0 bridgehead atoms. The zero-order valence-electron chi connectivity index (χ0n) is 12.7. The van der Waals surface area contributed by atoms with Gasteiger partial charge in [0.05, 0.1) is 13.2 Å². The number of methoxy groups -OCH3 is 1. The van der Waals surface area contributed by atoms with Gasteiger partial charge in [0.1, 0.15) is 6.10 Å². The number of ether oxygens (including phenoxy) is 2. The number of hydrogen-bond acceptors (Lipinski definition) is 6. The van der Waals surface area contributed by atoms with Crippen LogP contribution in [-0.2, 0) is 15.9 Å². The highest BCUT2D eigenvalue weighted by Crippen LogP contribution is 2.35. The van der Waals surface area contributed by atoms with Crippen LogP contribution in [0.3, 0.4) is 0 Å².